The molecule has 3 fully saturated rings. The van der Waals surface area contributed by atoms with Crippen LogP contribution in [0.1, 0.15) is 31.9 Å². The maximum Gasteiger partial charge on any atom is 0.334 e. The zero-order valence-electron chi connectivity index (χ0n) is 12.7. The number of nitro groups is 1. The first-order valence-electron chi connectivity index (χ1n) is 7.79. The molecule has 1 N–H and O–H groups in total. The van der Waals surface area contributed by atoms with Crippen LogP contribution in [0.25, 0.3) is 0 Å². The molecule has 0 aromatic carbocycles. The van der Waals surface area contributed by atoms with Crippen molar-refractivity contribution in [3.63, 3.8) is 0 Å². The number of nitrogens with zero attached hydrogens (tertiary/aromatic N) is 4. The van der Waals surface area contributed by atoms with Crippen molar-refractivity contribution in [2.45, 2.75) is 38.6 Å². The van der Waals surface area contributed by atoms with Gasteiger partial charge in [-0.15, -0.1) is 0 Å². The van der Waals surface area contributed by atoms with Crippen LogP contribution in [0.5, 0.6) is 0 Å². The molecule has 1 unspecified atom stereocenters. The lowest BCUT2D eigenvalue weighted by Gasteiger charge is -2.45. The van der Waals surface area contributed by atoms with Gasteiger partial charge in [-0.3, -0.25) is 10.1 Å². The molecule has 21 heavy (non-hydrogen) atoms. The fourth-order valence-electron chi connectivity index (χ4n) is 3.63. The molecule has 0 amide bonds. The zero-order chi connectivity index (χ0) is 15.0. The highest BCUT2D eigenvalue weighted by molar-refractivity contribution is 5.60. The van der Waals surface area contributed by atoms with Gasteiger partial charge in [-0.25, -0.2) is 4.68 Å². The Morgan fingerprint density at radius 3 is 2.67 bits per heavy atom. The van der Waals surface area contributed by atoms with Crippen LogP contribution >= 0.6 is 0 Å². The molecule has 4 rings (SSSR count). The monoisotopic (exact) mass is 293 g/mol. The summed E-state index contributed by atoms with van der Waals surface area (Å²) in [4.78, 5) is 13.6. The summed E-state index contributed by atoms with van der Waals surface area (Å²) in [6, 6.07) is 0.302. The molecule has 1 aromatic heterocycles. The summed E-state index contributed by atoms with van der Waals surface area (Å²) in [5.41, 5.74) is 0.754. The van der Waals surface area contributed by atoms with Crippen LogP contribution in [0.4, 0.5) is 11.5 Å². The van der Waals surface area contributed by atoms with Crippen molar-refractivity contribution < 1.29 is 4.92 Å². The predicted molar refractivity (Wildman–Crippen MR) is 80.4 cm³/mol. The van der Waals surface area contributed by atoms with Gasteiger partial charge in [0.1, 0.15) is 5.69 Å². The highest BCUT2D eigenvalue weighted by Crippen LogP contribution is 2.34. The lowest BCUT2D eigenvalue weighted by atomic mass is 9.84. The van der Waals surface area contributed by atoms with Crippen molar-refractivity contribution in [3.05, 3.63) is 15.8 Å². The number of rotatable bonds is 5. The Hall–Kier alpha value is -1.63. The van der Waals surface area contributed by atoms with Gasteiger partial charge in [-0.2, -0.15) is 5.10 Å². The number of hydrogen-bond acceptors (Lipinski definition) is 5. The van der Waals surface area contributed by atoms with Gasteiger partial charge in [0.05, 0.1) is 4.92 Å². The van der Waals surface area contributed by atoms with E-state index in [1.165, 1.54) is 12.8 Å². The van der Waals surface area contributed by atoms with Crippen molar-refractivity contribution in [1.82, 2.24) is 14.7 Å². The van der Waals surface area contributed by atoms with E-state index in [0.29, 0.717) is 29.9 Å². The number of nitrogens with one attached hydrogen (secondary N) is 1. The Bertz CT molecular complexity index is 534. The fourth-order valence-corrected chi connectivity index (χ4v) is 3.63. The second-order valence-corrected chi connectivity index (χ2v) is 6.16. The largest absolute Gasteiger partial charge is 0.360 e. The Morgan fingerprint density at radius 2 is 2.14 bits per heavy atom. The van der Waals surface area contributed by atoms with Gasteiger partial charge in [0.15, 0.2) is 0 Å². The molecule has 2 bridgehead atoms. The van der Waals surface area contributed by atoms with E-state index in [1.807, 2.05) is 6.92 Å². The number of aromatic nitrogens is 2. The minimum Gasteiger partial charge on any atom is -0.360 e. The SMILES string of the molecule is CCCc1nn(C)c(NC2CN3CCC2CC3)c1[N+](=O)[O-]. The highest BCUT2D eigenvalue weighted by atomic mass is 16.6. The summed E-state index contributed by atoms with van der Waals surface area (Å²) in [6.07, 6.45) is 3.87. The summed E-state index contributed by atoms with van der Waals surface area (Å²) in [5, 5.41) is 19.2. The number of aryl methyl sites for hydroxylation is 2. The summed E-state index contributed by atoms with van der Waals surface area (Å²) in [5.74, 6) is 1.20. The number of fused-ring (bicyclic) bond motifs is 3. The molecule has 0 saturated carbocycles. The third-order valence-electron chi connectivity index (χ3n) is 4.74. The Balaban J connectivity index is 1.86. The van der Waals surface area contributed by atoms with E-state index in [9.17, 15) is 10.1 Å². The normalized spacial score (nSPS) is 27.8. The quantitative estimate of drug-likeness (QED) is 0.661. The standard InChI is InChI=1S/C14H23N5O2/c1-3-4-11-13(19(20)21)14(17(2)16-11)15-12-9-18-7-5-10(12)6-8-18/h10,12,15H,3-9H2,1-2H3. The average Bonchev–Trinajstić information content (AvgIpc) is 2.77. The van der Waals surface area contributed by atoms with Gasteiger partial charge in [0.25, 0.3) is 0 Å². The third kappa shape index (κ3) is 2.62. The molecule has 0 aliphatic carbocycles. The summed E-state index contributed by atoms with van der Waals surface area (Å²) >= 11 is 0. The first kappa shape index (κ1) is 14.3. The third-order valence-corrected chi connectivity index (χ3v) is 4.74. The van der Waals surface area contributed by atoms with Crippen molar-refractivity contribution in [3.8, 4) is 0 Å². The van der Waals surface area contributed by atoms with Crippen molar-refractivity contribution in [1.29, 1.82) is 0 Å². The molecular weight excluding hydrogens is 270 g/mol. The first-order valence-corrected chi connectivity index (χ1v) is 7.79. The summed E-state index contributed by atoms with van der Waals surface area (Å²) < 4.78 is 1.64. The van der Waals surface area contributed by atoms with Gasteiger partial charge < -0.3 is 10.2 Å². The van der Waals surface area contributed by atoms with Crippen LogP contribution in [0, 0.1) is 16.0 Å². The first-order chi connectivity index (χ1) is 10.1. The van der Waals surface area contributed by atoms with Crippen LogP contribution in [-0.4, -0.2) is 45.3 Å². The molecule has 7 nitrogen and oxygen atoms in total. The zero-order valence-corrected chi connectivity index (χ0v) is 12.7. The minimum atomic E-state index is -0.290. The molecular formula is C14H23N5O2. The van der Waals surface area contributed by atoms with E-state index < -0.39 is 0 Å². The maximum absolute atomic E-state index is 11.4. The average molecular weight is 293 g/mol. The van der Waals surface area contributed by atoms with Crippen LogP contribution in [-0.2, 0) is 13.5 Å². The molecule has 0 spiro atoms. The lowest BCUT2D eigenvalue weighted by Crippen LogP contribution is -2.53. The fraction of sp³-hybridized carbons (Fsp3) is 0.786. The van der Waals surface area contributed by atoms with Gasteiger partial charge in [0, 0.05) is 19.6 Å². The molecule has 7 heteroatoms. The molecule has 4 heterocycles. The predicted octanol–water partition coefficient (Wildman–Crippen LogP) is 1.79. The van der Waals surface area contributed by atoms with Gasteiger partial charge in [0.2, 0.25) is 5.82 Å². The number of anilines is 1. The van der Waals surface area contributed by atoms with Crippen LogP contribution in [0.2, 0.25) is 0 Å². The highest BCUT2D eigenvalue weighted by Gasteiger charge is 2.36. The number of hydrogen-bond donors (Lipinski definition) is 1. The van der Waals surface area contributed by atoms with Crippen LogP contribution in [0.3, 0.4) is 0 Å². The van der Waals surface area contributed by atoms with E-state index in [-0.39, 0.29) is 10.6 Å². The van der Waals surface area contributed by atoms with E-state index in [0.717, 1.165) is 26.1 Å². The molecule has 1 aromatic rings. The summed E-state index contributed by atoms with van der Waals surface area (Å²) in [7, 11) is 1.79. The van der Waals surface area contributed by atoms with Gasteiger partial charge in [-0.1, -0.05) is 13.3 Å². The minimum absolute atomic E-state index is 0.163. The Kier molecular flexibility index (Phi) is 3.84. The number of piperidine rings is 3. The van der Waals surface area contributed by atoms with Crippen LogP contribution in [0.15, 0.2) is 0 Å². The van der Waals surface area contributed by atoms with E-state index >= 15 is 0 Å². The second-order valence-electron chi connectivity index (χ2n) is 6.16. The van der Waals surface area contributed by atoms with Gasteiger partial charge in [-0.05, 0) is 38.3 Å². The van der Waals surface area contributed by atoms with Gasteiger partial charge >= 0.3 is 5.69 Å². The molecule has 0 radical (unpaired) electrons. The van der Waals surface area contributed by atoms with Crippen molar-refractivity contribution >= 4 is 11.5 Å². The molecule has 1 atom stereocenters. The smallest absolute Gasteiger partial charge is 0.334 e. The Morgan fingerprint density at radius 1 is 1.43 bits per heavy atom. The van der Waals surface area contributed by atoms with Crippen molar-refractivity contribution in [2.75, 3.05) is 25.0 Å². The van der Waals surface area contributed by atoms with Crippen LogP contribution < -0.4 is 5.32 Å². The molecule has 3 aliphatic rings. The summed E-state index contributed by atoms with van der Waals surface area (Å²) in [6.45, 7) is 5.32. The second kappa shape index (κ2) is 5.63. The maximum atomic E-state index is 11.4. The molecule has 3 aliphatic heterocycles. The molecule has 116 valence electrons. The lowest BCUT2D eigenvalue weighted by molar-refractivity contribution is -0.384. The molecule has 3 saturated heterocycles. The topological polar surface area (TPSA) is 76.2 Å². The van der Waals surface area contributed by atoms with E-state index in [2.05, 4.69) is 15.3 Å². The van der Waals surface area contributed by atoms with E-state index in [1.54, 1.807) is 11.7 Å². The van der Waals surface area contributed by atoms with Crippen molar-refractivity contribution in [2.24, 2.45) is 13.0 Å². The Labute approximate surface area is 124 Å². The van der Waals surface area contributed by atoms with E-state index in [4.69, 9.17) is 0 Å².